The number of ether oxygens (including phenoxy) is 1. The molecule has 0 fully saturated rings. The zero-order chi connectivity index (χ0) is 24.2. The van der Waals surface area contributed by atoms with Crippen LogP contribution in [0.5, 0.6) is 5.75 Å². The molecule has 35 heavy (non-hydrogen) atoms. The number of benzene rings is 3. The summed E-state index contributed by atoms with van der Waals surface area (Å²) in [6.07, 6.45) is 0.659. The van der Waals surface area contributed by atoms with Gasteiger partial charge < -0.3 is 19.4 Å². The standard InChI is InChI=1S/C28H23ClN2O4/c29-22-9-11-24(12-10-22)34-18-27(32)30-23-8-4-7-20(15-23)26-16-21-17-31(14-13-25(21)35-26)28(33)19-5-2-1-3-6-19/h1-12,15-16H,13-14,17-18H2,(H,30,32). The molecule has 3 aromatic carbocycles. The third-order valence-electron chi connectivity index (χ3n) is 5.79. The quantitative estimate of drug-likeness (QED) is 0.373. The zero-order valence-electron chi connectivity index (χ0n) is 18.9. The molecular weight excluding hydrogens is 464 g/mol. The summed E-state index contributed by atoms with van der Waals surface area (Å²) in [6, 6.07) is 25.6. The van der Waals surface area contributed by atoms with E-state index in [0.29, 0.717) is 47.3 Å². The lowest BCUT2D eigenvalue weighted by molar-refractivity contribution is -0.118. The van der Waals surface area contributed by atoms with Crippen molar-refractivity contribution >= 4 is 29.1 Å². The van der Waals surface area contributed by atoms with Gasteiger partial charge in [-0.25, -0.2) is 0 Å². The third-order valence-corrected chi connectivity index (χ3v) is 6.04. The molecule has 1 aliphatic rings. The van der Waals surface area contributed by atoms with Crippen LogP contribution in [-0.2, 0) is 17.8 Å². The summed E-state index contributed by atoms with van der Waals surface area (Å²) < 4.78 is 11.6. The van der Waals surface area contributed by atoms with Gasteiger partial charge in [-0.1, -0.05) is 41.9 Å². The van der Waals surface area contributed by atoms with Crippen molar-refractivity contribution in [2.24, 2.45) is 0 Å². The molecule has 1 aliphatic heterocycles. The van der Waals surface area contributed by atoms with E-state index >= 15 is 0 Å². The minimum absolute atomic E-state index is 0.0181. The number of hydrogen-bond donors (Lipinski definition) is 1. The van der Waals surface area contributed by atoms with E-state index in [0.717, 1.165) is 16.9 Å². The first-order valence-corrected chi connectivity index (χ1v) is 11.7. The first kappa shape index (κ1) is 22.7. The summed E-state index contributed by atoms with van der Waals surface area (Å²) in [5, 5.41) is 3.46. The average Bonchev–Trinajstić information content (AvgIpc) is 3.32. The lowest BCUT2D eigenvalue weighted by Crippen LogP contribution is -2.35. The van der Waals surface area contributed by atoms with Crippen LogP contribution in [0, 0.1) is 0 Å². The van der Waals surface area contributed by atoms with Crippen molar-refractivity contribution in [3.8, 4) is 17.1 Å². The molecule has 6 nitrogen and oxygen atoms in total. The Bertz CT molecular complexity index is 1350. The molecule has 4 aromatic rings. The summed E-state index contributed by atoms with van der Waals surface area (Å²) >= 11 is 5.87. The van der Waals surface area contributed by atoms with Crippen LogP contribution in [0.1, 0.15) is 21.7 Å². The van der Waals surface area contributed by atoms with Gasteiger partial charge in [0.2, 0.25) is 0 Å². The molecule has 2 amide bonds. The van der Waals surface area contributed by atoms with Gasteiger partial charge in [0.15, 0.2) is 6.61 Å². The van der Waals surface area contributed by atoms with E-state index in [9.17, 15) is 9.59 Å². The lowest BCUT2D eigenvalue weighted by atomic mass is 10.1. The number of hydrogen-bond acceptors (Lipinski definition) is 4. The summed E-state index contributed by atoms with van der Waals surface area (Å²) in [4.78, 5) is 27.0. The number of fused-ring (bicyclic) bond motifs is 1. The number of furan rings is 1. The normalized spacial score (nSPS) is 12.7. The van der Waals surface area contributed by atoms with Gasteiger partial charge in [-0.05, 0) is 54.6 Å². The predicted octanol–water partition coefficient (Wildman–Crippen LogP) is 5.82. The number of rotatable bonds is 6. The minimum atomic E-state index is -0.272. The molecule has 1 N–H and O–H groups in total. The van der Waals surface area contributed by atoms with Crippen molar-refractivity contribution in [3.05, 3.63) is 107 Å². The van der Waals surface area contributed by atoms with Crippen LogP contribution in [0.3, 0.4) is 0 Å². The Balaban J connectivity index is 1.24. The average molecular weight is 487 g/mol. The highest BCUT2D eigenvalue weighted by Gasteiger charge is 2.25. The molecule has 1 aromatic heterocycles. The maximum Gasteiger partial charge on any atom is 0.262 e. The van der Waals surface area contributed by atoms with Crippen LogP contribution in [-0.4, -0.2) is 29.9 Å². The highest BCUT2D eigenvalue weighted by molar-refractivity contribution is 6.30. The predicted molar refractivity (Wildman–Crippen MR) is 135 cm³/mol. The van der Waals surface area contributed by atoms with Crippen molar-refractivity contribution in [2.75, 3.05) is 18.5 Å². The van der Waals surface area contributed by atoms with Crippen LogP contribution in [0.25, 0.3) is 11.3 Å². The van der Waals surface area contributed by atoms with Crippen LogP contribution >= 0.6 is 11.6 Å². The second kappa shape index (κ2) is 10.1. The molecule has 0 spiro atoms. The van der Waals surface area contributed by atoms with E-state index in [1.807, 2.05) is 65.6 Å². The van der Waals surface area contributed by atoms with E-state index in [-0.39, 0.29) is 18.4 Å². The highest BCUT2D eigenvalue weighted by Crippen LogP contribution is 2.31. The smallest absolute Gasteiger partial charge is 0.262 e. The van der Waals surface area contributed by atoms with Gasteiger partial charge in [0, 0.05) is 46.9 Å². The molecule has 0 unspecified atom stereocenters. The van der Waals surface area contributed by atoms with Gasteiger partial charge in [0.25, 0.3) is 11.8 Å². The molecule has 2 heterocycles. The Morgan fingerprint density at radius 1 is 0.971 bits per heavy atom. The monoisotopic (exact) mass is 486 g/mol. The number of amides is 2. The molecule has 0 saturated carbocycles. The van der Waals surface area contributed by atoms with Crippen molar-refractivity contribution < 1.29 is 18.7 Å². The Hall–Kier alpha value is -4.03. The number of nitrogens with zero attached hydrogens (tertiary/aromatic N) is 1. The van der Waals surface area contributed by atoms with Gasteiger partial charge in [0.05, 0.1) is 0 Å². The van der Waals surface area contributed by atoms with E-state index < -0.39 is 0 Å². The zero-order valence-corrected chi connectivity index (χ0v) is 19.6. The lowest BCUT2D eigenvalue weighted by Gasteiger charge is -2.26. The van der Waals surface area contributed by atoms with Crippen LogP contribution < -0.4 is 10.1 Å². The number of nitrogens with one attached hydrogen (secondary N) is 1. The largest absolute Gasteiger partial charge is 0.484 e. The van der Waals surface area contributed by atoms with E-state index in [1.54, 1.807) is 24.3 Å². The Labute approximate surface area is 208 Å². The molecule has 0 aliphatic carbocycles. The van der Waals surface area contributed by atoms with Gasteiger partial charge >= 0.3 is 0 Å². The third kappa shape index (κ3) is 5.39. The Morgan fingerprint density at radius 2 is 1.77 bits per heavy atom. The highest BCUT2D eigenvalue weighted by atomic mass is 35.5. The van der Waals surface area contributed by atoms with Crippen molar-refractivity contribution in [1.82, 2.24) is 4.90 Å². The number of carbonyl (C=O) groups excluding carboxylic acids is 2. The van der Waals surface area contributed by atoms with Gasteiger partial charge in [-0.15, -0.1) is 0 Å². The first-order valence-electron chi connectivity index (χ1n) is 11.3. The minimum Gasteiger partial charge on any atom is -0.484 e. The summed E-state index contributed by atoms with van der Waals surface area (Å²) in [5.41, 5.74) is 3.17. The maximum absolute atomic E-state index is 12.8. The number of halogens is 1. The van der Waals surface area contributed by atoms with Crippen molar-refractivity contribution in [2.45, 2.75) is 13.0 Å². The SMILES string of the molecule is O=C(COc1ccc(Cl)cc1)Nc1cccc(-c2cc3c(o2)CCN(C(=O)c2ccccc2)C3)c1. The number of anilines is 1. The Kier molecular flexibility index (Phi) is 6.55. The van der Waals surface area contributed by atoms with Crippen LogP contribution in [0.15, 0.2) is 89.3 Å². The molecule has 0 atom stereocenters. The van der Waals surface area contributed by atoms with E-state index in [4.69, 9.17) is 20.8 Å². The van der Waals surface area contributed by atoms with Crippen molar-refractivity contribution in [3.63, 3.8) is 0 Å². The van der Waals surface area contributed by atoms with Crippen molar-refractivity contribution in [1.29, 1.82) is 0 Å². The molecule has 0 saturated heterocycles. The fourth-order valence-corrected chi connectivity index (χ4v) is 4.16. The van der Waals surface area contributed by atoms with E-state index in [1.165, 1.54) is 0 Å². The van der Waals surface area contributed by atoms with Gasteiger partial charge in [0.1, 0.15) is 17.3 Å². The van der Waals surface area contributed by atoms with Gasteiger partial charge in [-0.2, -0.15) is 0 Å². The first-order chi connectivity index (χ1) is 17.0. The van der Waals surface area contributed by atoms with Gasteiger partial charge in [-0.3, -0.25) is 9.59 Å². The fraction of sp³-hybridized carbons (Fsp3) is 0.143. The maximum atomic E-state index is 12.8. The second-order valence-corrected chi connectivity index (χ2v) is 8.71. The molecule has 7 heteroatoms. The molecule has 176 valence electrons. The summed E-state index contributed by atoms with van der Waals surface area (Å²) in [5.74, 6) is 1.91. The van der Waals surface area contributed by atoms with Crippen LogP contribution in [0.4, 0.5) is 5.69 Å². The fourth-order valence-electron chi connectivity index (χ4n) is 4.04. The molecule has 5 rings (SSSR count). The second-order valence-electron chi connectivity index (χ2n) is 8.27. The molecule has 0 bridgehead atoms. The van der Waals surface area contributed by atoms with Crippen LogP contribution in [0.2, 0.25) is 5.02 Å². The van der Waals surface area contributed by atoms with E-state index in [2.05, 4.69) is 5.32 Å². The summed E-state index contributed by atoms with van der Waals surface area (Å²) in [7, 11) is 0. The summed E-state index contributed by atoms with van der Waals surface area (Å²) in [6.45, 7) is 0.995. The topological polar surface area (TPSA) is 71.8 Å². The molecule has 0 radical (unpaired) electrons. The number of carbonyl (C=O) groups is 2. The molecular formula is C28H23ClN2O4. The Morgan fingerprint density at radius 3 is 2.57 bits per heavy atom.